The molecule has 0 unspecified atom stereocenters. The highest BCUT2D eigenvalue weighted by Crippen LogP contribution is 2.27. The van der Waals surface area contributed by atoms with Crippen LogP contribution in [0, 0.1) is 11.6 Å². The van der Waals surface area contributed by atoms with Crippen molar-refractivity contribution < 1.29 is 23.1 Å². The van der Waals surface area contributed by atoms with Gasteiger partial charge in [0.15, 0.2) is 0 Å². The summed E-state index contributed by atoms with van der Waals surface area (Å²) in [5, 5.41) is 8.60. The fourth-order valence-electron chi connectivity index (χ4n) is 1.32. The first-order valence-electron chi connectivity index (χ1n) is 4.37. The average molecular weight is 224 g/mol. The predicted octanol–water partition coefficient (Wildman–Crippen LogP) is 2.92. The summed E-state index contributed by atoms with van der Waals surface area (Å²) in [7, 11) is 0. The molecule has 0 amide bonds. The van der Waals surface area contributed by atoms with Crippen LogP contribution in [0.2, 0.25) is 0 Å². The largest absolute Gasteiger partial charge is 0.475 e. The number of hydrogen-bond donors (Lipinski definition) is 1. The second-order valence-electron chi connectivity index (χ2n) is 3.07. The summed E-state index contributed by atoms with van der Waals surface area (Å²) in [5.41, 5.74) is -0.366. The summed E-state index contributed by atoms with van der Waals surface area (Å²) in [4.78, 5) is 10.5. The van der Waals surface area contributed by atoms with Gasteiger partial charge in [0.2, 0.25) is 5.76 Å². The Balaban J connectivity index is 2.54. The second-order valence-corrected chi connectivity index (χ2v) is 3.07. The van der Waals surface area contributed by atoms with Crippen LogP contribution in [-0.4, -0.2) is 11.1 Å². The van der Waals surface area contributed by atoms with Gasteiger partial charge in [-0.1, -0.05) is 6.07 Å². The summed E-state index contributed by atoms with van der Waals surface area (Å²) >= 11 is 0. The molecule has 16 heavy (non-hydrogen) atoms. The molecule has 0 saturated heterocycles. The van der Waals surface area contributed by atoms with E-state index in [4.69, 9.17) is 9.52 Å². The maximum Gasteiger partial charge on any atom is 0.371 e. The topological polar surface area (TPSA) is 50.4 Å². The number of carboxylic acids is 1. The van der Waals surface area contributed by atoms with Gasteiger partial charge in [0, 0.05) is 0 Å². The molecular formula is C11H6F2O3. The fraction of sp³-hybridized carbons (Fsp3) is 0. The van der Waals surface area contributed by atoms with Crippen LogP contribution in [0.25, 0.3) is 11.3 Å². The molecule has 2 aromatic rings. The Kier molecular flexibility index (Phi) is 2.44. The molecule has 1 N–H and O–H groups in total. The predicted molar refractivity (Wildman–Crippen MR) is 51.0 cm³/mol. The molecule has 0 bridgehead atoms. The van der Waals surface area contributed by atoms with Crippen molar-refractivity contribution >= 4 is 5.97 Å². The van der Waals surface area contributed by atoms with E-state index in [1.807, 2.05) is 0 Å². The van der Waals surface area contributed by atoms with Gasteiger partial charge in [-0.2, -0.15) is 0 Å². The van der Waals surface area contributed by atoms with E-state index in [2.05, 4.69) is 0 Å². The monoisotopic (exact) mass is 224 g/mol. The molecule has 5 heteroatoms. The van der Waals surface area contributed by atoms with Crippen LogP contribution in [0.4, 0.5) is 8.78 Å². The minimum Gasteiger partial charge on any atom is -0.475 e. The Bertz CT molecular complexity index is 526. The van der Waals surface area contributed by atoms with Gasteiger partial charge in [-0.25, -0.2) is 13.6 Å². The first kappa shape index (κ1) is 10.4. The minimum absolute atomic E-state index is 0.145. The summed E-state index contributed by atoms with van der Waals surface area (Å²) < 4.78 is 31.4. The molecule has 1 aromatic carbocycles. The van der Waals surface area contributed by atoms with Crippen molar-refractivity contribution in [3.8, 4) is 11.3 Å². The van der Waals surface area contributed by atoms with Crippen LogP contribution in [-0.2, 0) is 0 Å². The Labute approximate surface area is 88.9 Å². The van der Waals surface area contributed by atoms with E-state index in [1.165, 1.54) is 12.1 Å². The summed E-state index contributed by atoms with van der Waals surface area (Å²) in [6, 6.07) is 5.71. The first-order valence-corrected chi connectivity index (χ1v) is 4.37. The molecule has 0 aliphatic carbocycles. The summed E-state index contributed by atoms with van der Waals surface area (Å²) in [5.74, 6) is -3.40. The molecule has 1 aromatic heterocycles. The SMILES string of the molecule is O=C(O)c1ccc(-c2c(F)cccc2F)o1. The standard InChI is InChI=1S/C11H6F2O3/c12-6-2-1-3-7(13)10(6)8-4-5-9(16-8)11(14)15/h1-5H,(H,14,15). The smallest absolute Gasteiger partial charge is 0.371 e. The zero-order chi connectivity index (χ0) is 11.7. The molecule has 2 rings (SSSR count). The lowest BCUT2D eigenvalue weighted by atomic mass is 10.1. The van der Waals surface area contributed by atoms with Gasteiger partial charge in [0.1, 0.15) is 17.4 Å². The number of carboxylic acid groups (broad SMARTS) is 1. The molecule has 82 valence electrons. The Morgan fingerprint density at radius 2 is 1.75 bits per heavy atom. The Morgan fingerprint density at radius 3 is 2.25 bits per heavy atom. The lowest BCUT2D eigenvalue weighted by Crippen LogP contribution is -1.92. The number of carbonyl (C=O) groups is 1. The number of hydrogen-bond acceptors (Lipinski definition) is 2. The van der Waals surface area contributed by atoms with Gasteiger partial charge < -0.3 is 9.52 Å². The van der Waals surface area contributed by atoms with Crippen molar-refractivity contribution in [3.63, 3.8) is 0 Å². The molecule has 0 fully saturated rings. The van der Waals surface area contributed by atoms with E-state index in [0.717, 1.165) is 18.2 Å². The second kappa shape index (κ2) is 3.77. The van der Waals surface area contributed by atoms with Crippen molar-refractivity contribution in [1.82, 2.24) is 0 Å². The van der Waals surface area contributed by atoms with Gasteiger partial charge in [-0.15, -0.1) is 0 Å². The molecule has 0 aliphatic rings. The maximum absolute atomic E-state index is 13.3. The molecule has 0 atom stereocenters. The fourth-order valence-corrected chi connectivity index (χ4v) is 1.32. The van der Waals surface area contributed by atoms with Crippen molar-refractivity contribution in [2.24, 2.45) is 0 Å². The van der Waals surface area contributed by atoms with Crippen molar-refractivity contribution in [3.05, 3.63) is 47.7 Å². The van der Waals surface area contributed by atoms with E-state index in [1.54, 1.807) is 0 Å². The van der Waals surface area contributed by atoms with E-state index in [-0.39, 0.29) is 17.1 Å². The summed E-state index contributed by atoms with van der Waals surface area (Å²) in [6.45, 7) is 0. The third-order valence-corrected chi connectivity index (χ3v) is 2.03. The van der Waals surface area contributed by atoms with E-state index in [0.29, 0.717) is 0 Å². The lowest BCUT2D eigenvalue weighted by molar-refractivity contribution is 0.0663. The van der Waals surface area contributed by atoms with E-state index >= 15 is 0 Å². The molecular weight excluding hydrogens is 218 g/mol. The van der Waals surface area contributed by atoms with Crippen molar-refractivity contribution in [2.45, 2.75) is 0 Å². The van der Waals surface area contributed by atoms with Crippen LogP contribution in [0.5, 0.6) is 0 Å². The minimum atomic E-state index is -1.29. The highest BCUT2D eigenvalue weighted by atomic mass is 19.1. The highest BCUT2D eigenvalue weighted by Gasteiger charge is 2.16. The van der Waals surface area contributed by atoms with Crippen LogP contribution in [0.3, 0.4) is 0 Å². The molecule has 0 spiro atoms. The van der Waals surface area contributed by atoms with Crippen LogP contribution < -0.4 is 0 Å². The molecule has 0 aliphatic heterocycles. The van der Waals surface area contributed by atoms with Crippen LogP contribution >= 0.6 is 0 Å². The quantitative estimate of drug-likeness (QED) is 0.853. The molecule has 0 radical (unpaired) electrons. The normalized spacial score (nSPS) is 10.4. The van der Waals surface area contributed by atoms with E-state index in [9.17, 15) is 13.6 Å². The molecule has 0 saturated carbocycles. The number of aromatic carboxylic acids is 1. The molecule has 3 nitrogen and oxygen atoms in total. The van der Waals surface area contributed by atoms with Crippen molar-refractivity contribution in [2.75, 3.05) is 0 Å². The number of rotatable bonds is 2. The van der Waals surface area contributed by atoms with Crippen LogP contribution in [0.15, 0.2) is 34.7 Å². The van der Waals surface area contributed by atoms with Crippen molar-refractivity contribution in [1.29, 1.82) is 0 Å². The zero-order valence-corrected chi connectivity index (χ0v) is 7.91. The van der Waals surface area contributed by atoms with Gasteiger partial charge >= 0.3 is 5.97 Å². The highest BCUT2D eigenvalue weighted by molar-refractivity contribution is 5.85. The number of benzene rings is 1. The number of furan rings is 1. The van der Waals surface area contributed by atoms with Gasteiger partial charge in [-0.05, 0) is 24.3 Å². The maximum atomic E-state index is 13.3. The van der Waals surface area contributed by atoms with Gasteiger partial charge in [0.25, 0.3) is 0 Å². The zero-order valence-electron chi connectivity index (χ0n) is 7.91. The number of halogens is 2. The Hall–Kier alpha value is -2.17. The summed E-state index contributed by atoms with van der Waals surface area (Å²) in [6.07, 6.45) is 0. The van der Waals surface area contributed by atoms with Gasteiger partial charge in [-0.3, -0.25) is 0 Å². The van der Waals surface area contributed by atoms with Gasteiger partial charge in [0.05, 0.1) is 5.56 Å². The Morgan fingerprint density at radius 1 is 1.12 bits per heavy atom. The van der Waals surface area contributed by atoms with Crippen LogP contribution in [0.1, 0.15) is 10.6 Å². The molecule has 1 heterocycles. The lowest BCUT2D eigenvalue weighted by Gasteiger charge is -2.00. The third-order valence-electron chi connectivity index (χ3n) is 2.03. The average Bonchev–Trinajstić information content (AvgIpc) is 2.66. The third kappa shape index (κ3) is 1.67. The first-order chi connectivity index (χ1) is 7.59. The van der Waals surface area contributed by atoms with E-state index < -0.39 is 17.6 Å².